The number of hydrogen-bond donors (Lipinski definition) is 4. The van der Waals surface area contributed by atoms with E-state index in [1.165, 1.54) is 24.3 Å². The van der Waals surface area contributed by atoms with E-state index in [0.717, 1.165) is 6.07 Å². The fourth-order valence-corrected chi connectivity index (χ4v) is 4.66. The summed E-state index contributed by atoms with van der Waals surface area (Å²) in [5.74, 6) is -0.278. The Morgan fingerprint density at radius 1 is 0.810 bits per heavy atom. The van der Waals surface area contributed by atoms with Crippen molar-refractivity contribution in [3.63, 3.8) is 0 Å². The van der Waals surface area contributed by atoms with Crippen molar-refractivity contribution in [2.75, 3.05) is 22.1 Å². The van der Waals surface area contributed by atoms with Crippen molar-refractivity contribution in [1.29, 1.82) is 0 Å². The van der Waals surface area contributed by atoms with Crippen molar-refractivity contribution in [1.82, 2.24) is 29.9 Å². The summed E-state index contributed by atoms with van der Waals surface area (Å²) >= 11 is 12.1. The summed E-state index contributed by atoms with van der Waals surface area (Å²) in [5.41, 5.74) is 12.2. The van der Waals surface area contributed by atoms with Crippen molar-refractivity contribution in [3.05, 3.63) is 58.1 Å². The van der Waals surface area contributed by atoms with Crippen molar-refractivity contribution in [3.8, 4) is 0 Å². The molecule has 0 saturated carbocycles. The third-order valence-corrected chi connectivity index (χ3v) is 6.54. The van der Waals surface area contributed by atoms with Crippen LogP contribution in [0.4, 0.5) is 35.2 Å². The maximum atomic E-state index is 12.0. The molecule has 0 saturated heterocycles. The molecule has 0 unspecified atom stereocenters. The standard InChI is InChI=1S/C20H16Cl2N10O6S2.2Na/c21-15-27-17(23)31-19(29-15)25-11-5-3-9(13(7-11)39-38-37-33)1-2-10-4-6-12(8-14(10)40(34,35)36)26-20-30-16(22)28-18(24)32-20;;/h1-8,33H,(H,34,35,36)(H3,23,25,27,29,31)(H3,24,26,28,30,32);;/q;2*+1/p-2/b2-1+;;. The second-order valence-electron chi connectivity index (χ2n) is 7.33. The molecule has 0 aliphatic carbocycles. The van der Waals surface area contributed by atoms with Gasteiger partial charge < -0.3 is 31.9 Å². The number of anilines is 6. The molecule has 4 rings (SSSR count). The fraction of sp³-hybridized carbons (Fsp3) is 0. The topological polar surface area (TPSA) is 252 Å². The number of nitrogen functional groups attached to an aromatic ring is 2. The normalized spacial score (nSPS) is 11.0. The number of benzene rings is 2. The van der Waals surface area contributed by atoms with Crippen LogP contribution in [0.1, 0.15) is 11.1 Å². The number of hydrogen-bond acceptors (Lipinski definition) is 17. The molecule has 208 valence electrons. The zero-order valence-corrected chi connectivity index (χ0v) is 28.6. The predicted octanol–water partition coefficient (Wildman–Crippen LogP) is -3.67. The molecule has 22 heteroatoms. The first-order valence-electron chi connectivity index (χ1n) is 10.4. The number of nitrogens with one attached hydrogen (secondary N) is 2. The Morgan fingerprint density at radius 3 is 1.81 bits per heavy atom. The van der Waals surface area contributed by atoms with Crippen LogP contribution in [-0.2, 0) is 19.5 Å². The molecule has 0 atom stereocenters. The smallest absolute Gasteiger partial charge is 0.744 e. The van der Waals surface area contributed by atoms with Gasteiger partial charge in [0.25, 0.3) is 0 Å². The summed E-state index contributed by atoms with van der Waals surface area (Å²) < 4.78 is 40.6. The van der Waals surface area contributed by atoms with E-state index in [-0.39, 0.29) is 105 Å². The quantitative estimate of drug-likeness (QED) is 0.0316. The number of nitrogens with zero attached hydrogens (tertiary/aromatic N) is 6. The van der Waals surface area contributed by atoms with Crippen LogP contribution in [-0.4, -0.2) is 42.9 Å². The van der Waals surface area contributed by atoms with Crippen molar-refractivity contribution in [2.24, 2.45) is 0 Å². The number of aromatic nitrogens is 6. The summed E-state index contributed by atoms with van der Waals surface area (Å²) in [6.07, 6.45) is 2.87. The van der Waals surface area contributed by atoms with Gasteiger partial charge in [0, 0.05) is 16.3 Å². The molecule has 6 N–H and O–H groups in total. The van der Waals surface area contributed by atoms with Gasteiger partial charge in [-0.15, -0.1) is 0 Å². The van der Waals surface area contributed by atoms with Gasteiger partial charge in [-0.05, 0) is 58.6 Å². The van der Waals surface area contributed by atoms with Crippen LogP contribution in [0, 0.1) is 0 Å². The summed E-state index contributed by atoms with van der Waals surface area (Å²) in [6.45, 7) is 0. The molecule has 0 spiro atoms. The van der Waals surface area contributed by atoms with Gasteiger partial charge in [-0.3, -0.25) is 5.04 Å². The Balaban J connectivity index is 0.00000308. The van der Waals surface area contributed by atoms with Crippen molar-refractivity contribution in [2.45, 2.75) is 9.79 Å². The minimum atomic E-state index is -4.93. The minimum Gasteiger partial charge on any atom is -0.744 e. The minimum absolute atomic E-state index is 0. The van der Waals surface area contributed by atoms with Crippen molar-refractivity contribution >= 4 is 92.7 Å². The Morgan fingerprint density at radius 2 is 1.31 bits per heavy atom. The largest absolute Gasteiger partial charge is 1.00 e. The fourth-order valence-electron chi connectivity index (χ4n) is 3.12. The Labute approximate surface area is 296 Å². The van der Waals surface area contributed by atoms with Gasteiger partial charge in [0.05, 0.1) is 16.9 Å². The van der Waals surface area contributed by atoms with E-state index in [0.29, 0.717) is 28.2 Å². The molecule has 0 radical (unpaired) electrons. The molecule has 0 bridgehead atoms. The first-order chi connectivity index (χ1) is 19.0. The molecule has 4 aromatic rings. The molecule has 0 aliphatic heterocycles. The third-order valence-electron chi connectivity index (χ3n) is 4.65. The van der Waals surface area contributed by atoms with Crippen molar-refractivity contribution < 1.29 is 86.7 Å². The zero-order valence-electron chi connectivity index (χ0n) is 21.5. The van der Waals surface area contributed by atoms with E-state index < -0.39 is 15.0 Å². The van der Waals surface area contributed by atoms with E-state index in [1.807, 2.05) is 0 Å². The van der Waals surface area contributed by atoms with Gasteiger partial charge in [-0.1, -0.05) is 24.3 Å². The van der Waals surface area contributed by atoms with Crippen LogP contribution >= 0.6 is 35.2 Å². The van der Waals surface area contributed by atoms with Gasteiger partial charge in [-0.25, -0.2) is 8.42 Å². The number of rotatable bonds is 10. The monoisotopic (exact) mass is 670 g/mol. The first kappa shape index (κ1) is 36.3. The second kappa shape index (κ2) is 16.3. The van der Waals surface area contributed by atoms with Crippen LogP contribution < -0.4 is 86.5 Å². The first-order valence-corrected chi connectivity index (χ1v) is 13.3. The molecule has 0 amide bonds. The van der Waals surface area contributed by atoms with Gasteiger partial charge in [0.1, 0.15) is 10.1 Å². The third kappa shape index (κ3) is 10.4. The van der Waals surface area contributed by atoms with Gasteiger partial charge in [-0.2, -0.15) is 34.2 Å². The molecular weight excluding hydrogens is 657 g/mol. The molecule has 42 heavy (non-hydrogen) atoms. The van der Waals surface area contributed by atoms with Crippen LogP contribution in [0.5, 0.6) is 0 Å². The molecule has 2 aromatic heterocycles. The predicted molar refractivity (Wildman–Crippen MR) is 143 cm³/mol. The van der Waals surface area contributed by atoms with E-state index >= 15 is 0 Å². The molecular formula is C20H14Cl2N10Na2O6S2. The van der Waals surface area contributed by atoms with Gasteiger partial charge in [0.15, 0.2) is 0 Å². The maximum absolute atomic E-state index is 12.0. The molecule has 0 aliphatic rings. The average Bonchev–Trinajstić information content (AvgIpc) is 2.85. The van der Waals surface area contributed by atoms with Crippen LogP contribution in [0.25, 0.3) is 12.2 Å². The van der Waals surface area contributed by atoms with E-state index in [4.69, 9.17) is 34.7 Å². The second-order valence-corrected chi connectivity index (χ2v) is 10.1. The van der Waals surface area contributed by atoms with Gasteiger partial charge >= 0.3 is 59.1 Å². The average molecular weight is 671 g/mol. The van der Waals surface area contributed by atoms with E-state index in [2.05, 4.69) is 49.9 Å². The summed E-state index contributed by atoms with van der Waals surface area (Å²) in [4.78, 5) is 22.6. The Hall–Kier alpha value is -1.88. The molecule has 2 heterocycles. The summed E-state index contributed by atoms with van der Waals surface area (Å²) in [5, 5.41) is 19.1. The van der Waals surface area contributed by atoms with E-state index in [9.17, 15) is 18.2 Å². The van der Waals surface area contributed by atoms with E-state index in [1.54, 1.807) is 18.2 Å². The summed E-state index contributed by atoms with van der Waals surface area (Å²) in [6, 6.07) is 8.70. The molecule has 2 aromatic carbocycles. The van der Waals surface area contributed by atoms with Crippen LogP contribution in [0.15, 0.2) is 46.2 Å². The van der Waals surface area contributed by atoms with Crippen LogP contribution in [0.3, 0.4) is 0 Å². The Bertz CT molecular complexity index is 1670. The molecule has 16 nitrogen and oxygen atoms in total. The molecule has 0 fully saturated rings. The Kier molecular flexibility index (Phi) is 14.1. The SMILES string of the molecule is Nc1nc(Cl)nc(Nc2ccc(/C=C/c3ccc(Nc4nc(N)nc(Cl)n4)cc3S(=O)(=O)[O-])c(SOO[O-])c2)n1.[Na+].[Na+]. The zero-order chi connectivity index (χ0) is 28.9. The van der Waals surface area contributed by atoms with Gasteiger partial charge in [0.2, 0.25) is 34.4 Å². The maximum Gasteiger partial charge on any atom is 1.00 e. The summed E-state index contributed by atoms with van der Waals surface area (Å²) in [7, 11) is -4.93. The number of nitrogens with two attached hydrogens (primary N) is 2. The number of halogens is 2. The van der Waals surface area contributed by atoms with Crippen LogP contribution in [0.2, 0.25) is 10.6 Å².